The van der Waals surface area contributed by atoms with E-state index in [4.69, 9.17) is 14.2 Å². The van der Waals surface area contributed by atoms with Crippen molar-refractivity contribution in [3.8, 4) is 17.2 Å². The van der Waals surface area contributed by atoms with Crippen molar-refractivity contribution in [2.45, 2.75) is 46.3 Å². The minimum atomic E-state index is -0.598. The maximum Gasteiger partial charge on any atom is 0.261 e. The minimum Gasteiger partial charge on any atom is -0.493 e. The first kappa shape index (κ1) is 20.6. The fourth-order valence-corrected chi connectivity index (χ4v) is 2.88. The number of carbonyl (C=O) groups is 1. The highest BCUT2D eigenvalue weighted by molar-refractivity contribution is 5.81. The van der Waals surface area contributed by atoms with Gasteiger partial charge >= 0.3 is 0 Å². The van der Waals surface area contributed by atoms with Crippen molar-refractivity contribution in [1.29, 1.82) is 0 Å². The summed E-state index contributed by atoms with van der Waals surface area (Å²) in [5, 5.41) is 3.07. The van der Waals surface area contributed by atoms with Crippen LogP contribution in [0.1, 0.15) is 43.0 Å². The zero-order valence-corrected chi connectivity index (χ0v) is 17.0. The smallest absolute Gasteiger partial charge is 0.261 e. The molecule has 0 fully saturated rings. The van der Waals surface area contributed by atoms with Crippen LogP contribution in [0.15, 0.2) is 36.4 Å². The highest BCUT2D eigenvalue weighted by atomic mass is 16.5. The summed E-state index contributed by atoms with van der Waals surface area (Å²) in [6.07, 6.45) is 0.150. The fraction of sp³-hybridized carbons (Fsp3) is 0.409. The van der Waals surface area contributed by atoms with Gasteiger partial charge in [0.25, 0.3) is 5.91 Å². The van der Waals surface area contributed by atoms with Crippen molar-refractivity contribution < 1.29 is 19.0 Å². The lowest BCUT2D eigenvalue weighted by atomic mass is 10.0. The van der Waals surface area contributed by atoms with Gasteiger partial charge in [0.2, 0.25) is 0 Å². The zero-order chi connectivity index (χ0) is 20.0. The molecule has 5 heteroatoms. The first-order valence-electron chi connectivity index (χ1n) is 9.16. The first-order chi connectivity index (χ1) is 12.9. The number of hydrogen-bond acceptors (Lipinski definition) is 4. The summed E-state index contributed by atoms with van der Waals surface area (Å²) in [7, 11) is 3.20. The van der Waals surface area contributed by atoms with Gasteiger partial charge in [-0.3, -0.25) is 4.79 Å². The van der Waals surface area contributed by atoms with Gasteiger partial charge in [0.1, 0.15) is 5.75 Å². The van der Waals surface area contributed by atoms with Gasteiger partial charge in [-0.2, -0.15) is 0 Å². The summed E-state index contributed by atoms with van der Waals surface area (Å²) >= 11 is 0. The lowest BCUT2D eigenvalue weighted by Crippen LogP contribution is -2.38. The normalized spacial score (nSPS) is 12.8. The second kappa shape index (κ2) is 9.31. The van der Waals surface area contributed by atoms with Crippen LogP contribution in [0.5, 0.6) is 17.2 Å². The molecule has 2 aromatic rings. The maximum absolute atomic E-state index is 12.7. The Kier molecular flexibility index (Phi) is 7.11. The Morgan fingerprint density at radius 3 is 2.37 bits per heavy atom. The van der Waals surface area contributed by atoms with Crippen molar-refractivity contribution in [3.63, 3.8) is 0 Å². The molecule has 0 spiro atoms. The van der Waals surface area contributed by atoms with E-state index < -0.39 is 6.10 Å². The van der Waals surface area contributed by atoms with Crippen molar-refractivity contribution in [1.82, 2.24) is 5.32 Å². The molecule has 0 aliphatic rings. The number of carbonyl (C=O) groups excluding carboxylic acids is 1. The summed E-state index contributed by atoms with van der Waals surface area (Å²) in [5.74, 6) is 1.88. The lowest BCUT2D eigenvalue weighted by Gasteiger charge is -2.22. The van der Waals surface area contributed by atoms with Gasteiger partial charge < -0.3 is 19.5 Å². The predicted molar refractivity (Wildman–Crippen MR) is 107 cm³/mol. The largest absolute Gasteiger partial charge is 0.493 e. The Bertz CT molecular complexity index is 788. The van der Waals surface area contributed by atoms with Gasteiger partial charge in [-0.1, -0.05) is 25.1 Å². The predicted octanol–water partition coefficient (Wildman–Crippen LogP) is 4.36. The number of rotatable bonds is 8. The van der Waals surface area contributed by atoms with Gasteiger partial charge in [0, 0.05) is 0 Å². The molecule has 0 aliphatic carbocycles. The van der Waals surface area contributed by atoms with Crippen LogP contribution in [0, 0.1) is 13.8 Å². The Morgan fingerprint density at radius 2 is 1.74 bits per heavy atom. The SMILES string of the molecule is CCC(NC(=O)C(C)Oc1cccc(C)c1C)c1ccc(OC)c(OC)c1. The number of hydrogen-bond donors (Lipinski definition) is 1. The van der Waals surface area contributed by atoms with Crippen molar-refractivity contribution in [2.75, 3.05) is 14.2 Å². The minimum absolute atomic E-state index is 0.137. The second-order valence-electron chi connectivity index (χ2n) is 6.54. The van der Waals surface area contributed by atoms with Crippen LogP contribution in [0.4, 0.5) is 0 Å². The Morgan fingerprint density at radius 1 is 1.04 bits per heavy atom. The molecule has 27 heavy (non-hydrogen) atoms. The molecule has 2 rings (SSSR count). The van der Waals surface area contributed by atoms with Crippen LogP contribution < -0.4 is 19.5 Å². The number of methoxy groups -OCH3 is 2. The Hall–Kier alpha value is -2.69. The third kappa shape index (κ3) is 4.94. The molecule has 0 aromatic heterocycles. The Balaban J connectivity index is 2.11. The van der Waals surface area contributed by atoms with E-state index in [1.165, 1.54) is 0 Å². The van der Waals surface area contributed by atoms with Crippen molar-refractivity contribution >= 4 is 5.91 Å². The van der Waals surface area contributed by atoms with E-state index in [0.717, 1.165) is 28.9 Å². The average molecular weight is 371 g/mol. The molecular weight excluding hydrogens is 342 g/mol. The molecule has 0 bridgehead atoms. The van der Waals surface area contributed by atoms with E-state index in [-0.39, 0.29) is 11.9 Å². The summed E-state index contributed by atoms with van der Waals surface area (Å²) in [6.45, 7) is 7.81. The molecular formula is C22H29NO4. The second-order valence-corrected chi connectivity index (χ2v) is 6.54. The highest BCUT2D eigenvalue weighted by Crippen LogP contribution is 2.31. The molecule has 0 saturated heterocycles. The monoisotopic (exact) mass is 371 g/mol. The average Bonchev–Trinajstić information content (AvgIpc) is 2.68. The van der Waals surface area contributed by atoms with Crippen LogP contribution in [-0.4, -0.2) is 26.2 Å². The highest BCUT2D eigenvalue weighted by Gasteiger charge is 2.21. The van der Waals surface area contributed by atoms with Crippen LogP contribution >= 0.6 is 0 Å². The molecule has 2 unspecified atom stereocenters. The van der Waals surface area contributed by atoms with Crippen LogP contribution in [0.25, 0.3) is 0 Å². The molecule has 2 atom stereocenters. The molecule has 0 radical (unpaired) electrons. The first-order valence-corrected chi connectivity index (χ1v) is 9.16. The molecule has 0 saturated carbocycles. The molecule has 5 nitrogen and oxygen atoms in total. The number of nitrogens with one attached hydrogen (secondary N) is 1. The van der Waals surface area contributed by atoms with Crippen LogP contribution in [-0.2, 0) is 4.79 Å². The van der Waals surface area contributed by atoms with Crippen LogP contribution in [0.3, 0.4) is 0 Å². The number of ether oxygens (including phenoxy) is 3. The third-order valence-corrected chi connectivity index (χ3v) is 4.76. The van der Waals surface area contributed by atoms with Gasteiger partial charge in [-0.15, -0.1) is 0 Å². The fourth-order valence-electron chi connectivity index (χ4n) is 2.88. The maximum atomic E-state index is 12.7. The van der Waals surface area contributed by atoms with E-state index in [2.05, 4.69) is 5.32 Å². The van der Waals surface area contributed by atoms with Crippen molar-refractivity contribution in [2.24, 2.45) is 0 Å². The standard InChI is InChI=1S/C22H29NO4/c1-7-18(17-11-12-20(25-5)21(13-17)26-6)23-22(24)16(4)27-19-10-8-9-14(2)15(19)3/h8-13,16,18H,7H2,1-6H3,(H,23,24). The van der Waals surface area contributed by atoms with Crippen LogP contribution in [0.2, 0.25) is 0 Å². The zero-order valence-electron chi connectivity index (χ0n) is 17.0. The van der Waals surface area contributed by atoms with E-state index in [0.29, 0.717) is 11.5 Å². The van der Waals surface area contributed by atoms with Gasteiger partial charge in [-0.25, -0.2) is 0 Å². The van der Waals surface area contributed by atoms with Crippen molar-refractivity contribution in [3.05, 3.63) is 53.1 Å². The topological polar surface area (TPSA) is 56.8 Å². The van der Waals surface area contributed by atoms with Gasteiger partial charge in [0.15, 0.2) is 17.6 Å². The van der Waals surface area contributed by atoms with E-state index in [1.54, 1.807) is 21.1 Å². The number of aryl methyl sites for hydroxylation is 1. The number of amides is 1. The third-order valence-electron chi connectivity index (χ3n) is 4.76. The van der Waals surface area contributed by atoms with E-state index >= 15 is 0 Å². The molecule has 146 valence electrons. The summed E-state index contributed by atoms with van der Waals surface area (Å²) in [5.41, 5.74) is 3.14. The van der Waals surface area contributed by atoms with E-state index in [9.17, 15) is 4.79 Å². The quantitative estimate of drug-likeness (QED) is 0.749. The lowest BCUT2D eigenvalue weighted by molar-refractivity contribution is -0.128. The summed E-state index contributed by atoms with van der Waals surface area (Å²) < 4.78 is 16.5. The molecule has 0 heterocycles. The van der Waals surface area contributed by atoms with Gasteiger partial charge in [-0.05, 0) is 62.1 Å². The van der Waals surface area contributed by atoms with E-state index in [1.807, 2.05) is 57.2 Å². The number of benzene rings is 2. The molecule has 2 aromatic carbocycles. The Labute approximate surface area is 161 Å². The summed E-state index contributed by atoms with van der Waals surface area (Å²) in [4.78, 5) is 12.7. The molecule has 1 amide bonds. The summed E-state index contributed by atoms with van der Waals surface area (Å²) in [6, 6.07) is 11.4. The molecule has 1 N–H and O–H groups in total. The molecule has 0 aliphatic heterocycles. The van der Waals surface area contributed by atoms with Gasteiger partial charge in [0.05, 0.1) is 20.3 Å².